The molecule has 1 rings (SSSR count). The smallest absolute Gasteiger partial charge is 0.151 e. The number of halogens is 1. The van der Waals surface area contributed by atoms with Crippen molar-refractivity contribution in [3.05, 3.63) is 28.8 Å². The lowest BCUT2D eigenvalue weighted by atomic mass is 10.2. The maximum Gasteiger partial charge on any atom is 0.151 e. The molecule has 0 atom stereocenters. The Morgan fingerprint density at radius 1 is 1.46 bits per heavy atom. The van der Waals surface area contributed by atoms with Gasteiger partial charge in [0.25, 0.3) is 0 Å². The summed E-state index contributed by atoms with van der Waals surface area (Å²) >= 11 is 5.78. The van der Waals surface area contributed by atoms with Gasteiger partial charge in [-0.15, -0.1) is 0 Å². The van der Waals surface area contributed by atoms with E-state index < -0.39 is 9.84 Å². The first-order valence-corrected chi connectivity index (χ1v) is 6.04. The Kier molecular flexibility index (Phi) is 2.83. The van der Waals surface area contributed by atoms with Crippen LogP contribution in [0.1, 0.15) is 5.56 Å². The summed E-state index contributed by atoms with van der Waals surface area (Å²) in [5.74, 6) is -0.0725. The van der Waals surface area contributed by atoms with E-state index in [9.17, 15) is 8.42 Å². The first-order chi connectivity index (χ1) is 5.88. The van der Waals surface area contributed by atoms with E-state index in [2.05, 4.69) is 0 Å². The van der Waals surface area contributed by atoms with E-state index in [1.54, 1.807) is 18.2 Å². The number of hydrogen-bond donors (Lipinski definition) is 1. The number of sulfone groups is 1. The summed E-state index contributed by atoms with van der Waals surface area (Å²) < 4.78 is 21.9. The van der Waals surface area contributed by atoms with Crippen molar-refractivity contribution >= 4 is 27.1 Å². The van der Waals surface area contributed by atoms with Crippen LogP contribution in [0.2, 0.25) is 5.02 Å². The average molecular weight is 220 g/mol. The molecule has 0 bridgehead atoms. The third-order valence-corrected chi connectivity index (χ3v) is 2.69. The van der Waals surface area contributed by atoms with Crippen molar-refractivity contribution in [3.63, 3.8) is 0 Å². The fourth-order valence-electron chi connectivity index (χ4n) is 0.988. The van der Waals surface area contributed by atoms with E-state index in [-0.39, 0.29) is 5.75 Å². The molecule has 3 nitrogen and oxygen atoms in total. The zero-order chi connectivity index (χ0) is 10.1. The molecule has 0 aliphatic heterocycles. The minimum absolute atomic E-state index is 0.0725. The van der Waals surface area contributed by atoms with E-state index in [1.807, 2.05) is 0 Å². The standard InChI is InChI=1S/C8H10ClNO2S/c1-13(11,12)5-6-4-7(10)2-3-8(6)9/h2-4H,5,10H2,1H3. The average Bonchev–Trinajstić information content (AvgIpc) is 1.94. The minimum Gasteiger partial charge on any atom is -0.399 e. The molecule has 2 N–H and O–H groups in total. The van der Waals surface area contributed by atoms with Crippen molar-refractivity contribution in [1.29, 1.82) is 0 Å². The number of rotatable bonds is 2. The number of nitrogen functional groups attached to an aromatic ring is 1. The molecular formula is C8H10ClNO2S. The predicted octanol–water partition coefficient (Wildman–Crippen LogP) is 1.47. The van der Waals surface area contributed by atoms with Crippen LogP contribution in [0.4, 0.5) is 5.69 Å². The molecule has 13 heavy (non-hydrogen) atoms. The molecule has 0 saturated carbocycles. The topological polar surface area (TPSA) is 60.2 Å². The zero-order valence-electron chi connectivity index (χ0n) is 7.12. The molecule has 1 aromatic rings. The zero-order valence-corrected chi connectivity index (χ0v) is 8.69. The van der Waals surface area contributed by atoms with Crippen LogP contribution in [0.5, 0.6) is 0 Å². The SMILES string of the molecule is CS(=O)(=O)Cc1cc(N)ccc1Cl. The number of benzene rings is 1. The molecular weight excluding hydrogens is 210 g/mol. The molecule has 1 aromatic carbocycles. The van der Waals surface area contributed by atoms with Gasteiger partial charge < -0.3 is 5.73 Å². The highest BCUT2D eigenvalue weighted by Gasteiger charge is 2.08. The third-order valence-electron chi connectivity index (χ3n) is 1.49. The van der Waals surface area contributed by atoms with Gasteiger partial charge in [-0.1, -0.05) is 11.6 Å². The fraction of sp³-hybridized carbons (Fsp3) is 0.250. The van der Waals surface area contributed by atoms with Crippen molar-refractivity contribution in [2.45, 2.75) is 5.75 Å². The summed E-state index contributed by atoms with van der Waals surface area (Å²) in [6.45, 7) is 0. The lowest BCUT2D eigenvalue weighted by Gasteiger charge is -2.03. The normalized spacial score (nSPS) is 11.5. The summed E-state index contributed by atoms with van der Waals surface area (Å²) in [5, 5.41) is 0.430. The number of hydrogen-bond acceptors (Lipinski definition) is 3. The van der Waals surface area contributed by atoms with E-state index >= 15 is 0 Å². The van der Waals surface area contributed by atoms with E-state index in [0.717, 1.165) is 6.26 Å². The van der Waals surface area contributed by atoms with Gasteiger partial charge in [0.15, 0.2) is 9.84 Å². The lowest BCUT2D eigenvalue weighted by Crippen LogP contribution is -2.01. The van der Waals surface area contributed by atoms with Gasteiger partial charge in [0, 0.05) is 17.0 Å². The maximum absolute atomic E-state index is 11.0. The Morgan fingerprint density at radius 3 is 2.62 bits per heavy atom. The van der Waals surface area contributed by atoms with Gasteiger partial charge >= 0.3 is 0 Å². The van der Waals surface area contributed by atoms with Gasteiger partial charge in [-0.3, -0.25) is 0 Å². The monoisotopic (exact) mass is 219 g/mol. The largest absolute Gasteiger partial charge is 0.399 e. The molecule has 0 amide bonds. The molecule has 0 radical (unpaired) electrons. The van der Waals surface area contributed by atoms with Gasteiger partial charge in [0.2, 0.25) is 0 Å². The molecule has 0 aliphatic carbocycles. The predicted molar refractivity (Wildman–Crippen MR) is 54.4 cm³/mol. The van der Waals surface area contributed by atoms with Crippen molar-refractivity contribution in [1.82, 2.24) is 0 Å². The lowest BCUT2D eigenvalue weighted by molar-refractivity contribution is 0.601. The van der Waals surface area contributed by atoms with Crippen molar-refractivity contribution in [3.8, 4) is 0 Å². The van der Waals surface area contributed by atoms with Gasteiger partial charge in [0.05, 0.1) is 5.75 Å². The quantitative estimate of drug-likeness (QED) is 0.767. The second-order valence-corrected chi connectivity index (χ2v) is 5.47. The van der Waals surface area contributed by atoms with Crippen LogP contribution in [-0.4, -0.2) is 14.7 Å². The van der Waals surface area contributed by atoms with Crippen molar-refractivity contribution in [2.75, 3.05) is 12.0 Å². The van der Waals surface area contributed by atoms with Crippen molar-refractivity contribution < 1.29 is 8.42 Å². The maximum atomic E-state index is 11.0. The van der Waals surface area contributed by atoms with Crippen LogP contribution in [0, 0.1) is 0 Å². The van der Waals surface area contributed by atoms with Crippen molar-refractivity contribution in [2.24, 2.45) is 0 Å². The van der Waals surface area contributed by atoms with Crippen LogP contribution in [-0.2, 0) is 15.6 Å². The first-order valence-electron chi connectivity index (χ1n) is 3.60. The number of nitrogens with two attached hydrogens (primary N) is 1. The minimum atomic E-state index is -3.06. The first kappa shape index (κ1) is 10.3. The molecule has 5 heteroatoms. The highest BCUT2D eigenvalue weighted by Crippen LogP contribution is 2.20. The summed E-state index contributed by atoms with van der Waals surface area (Å²) in [4.78, 5) is 0. The van der Waals surface area contributed by atoms with Crippen LogP contribution in [0.3, 0.4) is 0 Å². The van der Waals surface area contributed by atoms with Gasteiger partial charge in [-0.2, -0.15) is 0 Å². The van der Waals surface area contributed by atoms with Gasteiger partial charge in [-0.25, -0.2) is 8.42 Å². The highest BCUT2D eigenvalue weighted by molar-refractivity contribution is 7.89. The van der Waals surface area contributed by atoms with Crippen LogP contribution < -0.4 is 5.73 Å². The van der Waals surface area contributed by atoms with E-state index in [4.69, 9.17) is 17.3 Å². The molecule has 0 unspecified atom stereocenters. The molecule has 0 saturated heterocycles. The Bertz CT molecular complexity index is 414. The van der Waals surface area contributed by atoms with E-state index in [1.165, 1.54) is 0 Å². The number of anilines is 1. The second kappa shape index (κ2) is 3.55. The third kappa shape index (κ3) is 3.24. The summed E-state index contributed by atoms with van der Waals surface area (Å²) in [6, 6.07) is 4.80. The van der Waals surface area contributed by atoms with Gasteiger partial charge in [0.1, 0.15) is 0 Å². The van der Waals surface area contributed by atoms with Crippen LogP contribution >= 0.6 is 11.6 Å². The molecule has 0 fully saturated rings. The molecule has 0 spiro atoms. The summed E-state index contributed by atoms with van der Waals surface area (Å²) in [5.41, 5.74) is 6.56. The Labute approximate surface area is 82.4 Å². The fourth-order valence-corrected chi connectivity index (χ4v) is 2.06. The Balaban J connectivity index is 3.08. The Hall–Kier alpha value is -0.740. The van der Waals surface area contributed by atoms with E-state index in [0.29, 0.717) is 16.3 Å². The second-order valence-electron chi connectivity index (χ2n) is 2.92. The highest BCUT2D eigenvalue weighted by atomic mass is 35.5. The van der Waals surface area contributed by atoms with Crippen LogP contribution in [0.15, 0.2) is 18.2 Å². The molecule has 72 valence electrons. The summed E-state index contributed by atoms with van der Waals surface area (Å²) in [7, 11) is -3.06. The summed E-state index contributed by atoms with van der Waals surface area (Å²) in [6.07, 6.45) is 1.16. The van der Waals surface area contributed by atoms with Crippen LogP contribution in [0.25, 0.3) is 0 Å². The molecule has 0 heterocycles. The Morgan fingerprint density at radius 2 is 2.08 bits per heavy atom. The molecule has 0 aliphatic rings. The van der Waals surface area contributed by atoms with Gasteiger partial charge in [-0.05, 0) is 23.8 Å². The molecule has 0 aromatic heterocycles.